The van der Waals surface area contributed by atoms with Crippen molar-refractivity contribution < 1.29 is 19.4 Å². The Hall–Kier alpha value is -2.54. The number of benzene rings is 1. The lowest BCUT2D eigenvalue weighted by Crippen LogP contribution is -2.56. The number of amides is 2. The standard InChI is InChI=1S/C27H37N3O4/c1-4-6-23(32)30-17-27(11-13-29(14-12-27)26(33)18-7-5-8-18)24-20-10-9-19(34-3)15-21(20)28(2)25(24)22(30)16-31/h9-10,15,18,22,31H,4-8,11-14,16-17H2,1-3H3/t22-/m0/s1. The Bertz CT molecular complexity index is 1090. The maximum Gasteiger partial charge on any atom is 0.225 e. The molecule has 34 heavy (non-hydrogen) atoms. The number of aliphatic hydroxyl groups excluding tert-OH is 1. The first-order valence-electron chi connectivity index (χ1n) is 12.8. The Labute approximate surface area is 201 Å². The molecular formula is C27H37N3O4. The molecule has 3 aliphatic rings. The van der Waals surface area contributed by atoms with Gasteiger partial charge in [0.1, 0.15) is 5.75 Å². The average molecular weight is 468 g/mol. The predicted molar refractivity (Wildman–Crippen MR) is 131 cm³/mol. The zero-order valence-corrected chi connectivity index (χ0v) is 20.7. The number of ether oxygens (including phenoxy) is 1. The molecule has 1 aromatic heterocycles. The molecule has 7 heteroatoms. The van der Waals surface area contributed by atoms with Gasteiger partial charge in [0.15, 0.2) is 0 Å². The first-order valence-corrected chi connectivity index (χ1v) is 12.8. The third-order valence-electron chi connectivity index (χ3n) is 8.59. The number of rotatable bonds is 5. The summed E-state index contributed by atoms with van der Waals surface area (Å²) in [5.41, 5.74) is 3.11. The van der Waals surface area contributed by atoms with Crippen LogP contribution < -0.4 is 4.74 Å². The minimum atomic E-state index is -0.363. The molecule has 2 aliphatic heterocycles. The molecule has 0 radical (unpaired) electrons. The van der Waals surface area contributed by atoms with Crippen LogP contribution in [0.3, 0.4) is 0 Å². The van der Waals surface area contributed by atoms with E-state index in [-0.39, 0.29) is 29.9 Å². The van der Waals surface area contributed by atoms with E-state index in [0.29, 0.717) is 18.9 Å². The largest absolute Gasteiger partial charge is 0.497 e. The molecule has 0 bridgehead atoms. The number of aromatic nitrogens is 1. The van der Waals surface area contributed by atoms with Crippen LogP contribution in [0.25, 0.3) is 10.9 Å². The summed E-state index contributed by atoms with van der Waals surface area (Å²) in [7, 11) is 3.70. The highest BCUT2D eigenvalue weighted by atomic mass is 16.5. The number of carbonyl (C=O) groups excluding carboxylic acids is 2. The smallest absolute Gasteiger partial charge is 0.225 e. The van der Waals surface area contributed by atoms with Crippen molar-refractivity contribution in [3.05, 3.63) is 29.5 Å². The number of aryl methyl sites for hydroxylation is 1. The normalized spacial score (nSPS) is 22.1. The number of aliphatic hydroxyl groups is 1. The molecule has 3 heterocycles. The minimum Gasteiger partial charge on any atom is -0.497 e. The second-order valence-electron chi connectivity index (χ2n) is 10.4. The van der Waals surface area contributed by atoms with E-state index in [4.69, 9.17) is 4.74 Å². The lowest BCUT2D eigenvalue weighted by Gasteiger charge is -2.51. The van der Waals surface area contributed by atoms with E-state index in [2.05, 4.69) is 15.5 Å². The third-order valence-corrected chi connectivity index (χ3v) is 8.59. The Morgan fingerprint density at radius 1 is 1.21 bits per heavy atom. The topological polar surface area (TPSA) is 75.0 Å². The Morgan fingerprint density at radius 2 is 1.94 bits per heavy atom. The molecule has 0 unspecified atom stereocenters. The van der Waals surface area contributed by atoms with Gasteiger partial charge >= 0.3 is 0 Å². The van der Waals surface area contributed by atoms with Crippen LogP contribution in [-0.4, -0.2) is 64.6 Å². The van der Waals surface area contributed by atoms with Gasteiger partial charge in [0.25, 0.3) is 0 Å². The average Bonchev–Trinajstić information content (AvgIpc) is 3.11. The number of methoxy groups -OCH3 is 1. The van der Waals surface area contributed by atoms with Crippen molar-refractivity contribution in [2.24, 2.45) is 13.0 Å². The molecule has 1 saturated heterocycles. The van der Waals surface area contributed by atoms with Gasteiger partial charge in [0, 0.05) is 61.6 Å². The zero-order valence-electron chi connectivity index (χ0n) is 20.7. The van der Waals surface area contributed by atoms with Crippen LogP contribution >= 0.6 is 0 Å². The van der Waals surface area contributed by atoms with Gasteiger partial charge in [-0.1, -0.05) is 13.3 Å². The summed E-state index contributed by atoms with van der Waals surface area (Å²) < 4.78 is 7.64. The van der Waals surface area contributed by atoms with Gasteiger partial charge in [0.2, 0.25) is 11.8 Å². The van der Waals surface area contributed by atoms with Crippen LogP contribution in [0.2, 0.25) is 0 Å². The lowest BCUT2D eigenvalue weighted by molar-refractivity contribution is -0.142. The van der Waals surface area contributed by atoms with Gasteiger partial charge in [0.05, 0.1) is 25.3 Å². The summed E-state index contributed by atoms with van der Waals surface area (Å²) in [5, 5.41) is 11.7. The zero-order chi connectivity index (χ0) is 24.0. The molecule has 1 spiro atoms. The monoisotopic (exact) mass is 467 g/mol. The summed E-state index contributed by atoms with van der Waals surface area (Å²) >= 11 is 0. The fourth-order valence-electron chi connectivity index (χ4n) is 6.45. The van der Waals surface area contributed by atoms with E-state index in [0.717, 1.165) is 74.0 Å². The van der Waals surface area contributed by atoms with Gasteiger partial charge in [-0.15, -0.1) is 0 Å². The van der Waals surface area contributed by atoms with E-state index in [1.165, 1.54) is 5.56 Å². The Balaban J connectivity index is 1.60. The van der Waals surface area contributed by atoms with Crippen LogP contribution in [0.1, 0.15) is 69.2 Å². The summed E-state index contributed by atoms with van der Waals surface area (Å²) in [4.78, 5) is 30.2. The van der Waals surface area contributed by atoms with Crippen LogP contribution in [-0.2, 0) is 22.1 Å². The maximum atomic E-state index is 13.3. The van der Waals surface area contributed by atoms with Gasteiger partial charge in [-0.2, -0.15) is 0 Å². The van der Waals surface area contributed by atoms with Crippen LogP contribution in [0.15, 0.2) is 18.2 Å². The molecular weight excluding hydrogens is 430 g/mol. The van der Waals surface area contributed by atoms with Crippen molar-refractivity contribution in [1.82, 2.24) is 14.4 Å². The maximum absolute atomic E-state index is 13.3. The highest BCUT2D eigenvalue weighted by molar-refractivity contribution is 5.90. The van der Waals surface area contributed by atoms with Crippen molar-refractivity contribution in [2.75, 3.05) is 33.4 Å². The number of fused-ring (bicyclic) bond motifs is 4. The number of carbonyl (C=O) groups is 2. The molecule has 7 nitrogen and oxygen atoms in total. The molecule has 1 N–H and O–H groups in total. The van der Waals surface area contributed by atoms with E-state index >= 15 is 0 Å². The number of likely N-dealkylation sites (tertiary alicyclic amines) is 1. The highest BCUT2D eigenvalue weighted by Gasteiger charge is 2.50. The first-order chi connectivity index (χ1) is 16.4. The van der Waals surface area contributed by atoms with E-state index in [9.17, 15) is 14.7 Å². The first kappa shape index (κ1) is 23.2. The molecule has 2 amide bonds. The summed E-state index contributed by atoms with van der Waals surface area (Å²) in [6.07, 6.45) is 6.12. The predicted octanol–water partition coefficient (Wildman–Crippen LogP) is 3.52. The van der Waals surface area contributed by atoms with Crippen molar-refractivity contribution >= 4 is 22.7 Å². The number of piperidine rings is 1. The second-order valence-corrected chi connectivity index (χ2v) is 10.4. The molecule has 2 fully saturated rings. The molecule has 2 aromatic rings. The van der Waals surface area contributed by atoms with Crippen LogP contribution in [0.5, 0.6) is 5.75 Å². The minimum absolute atomic E-state index is 0.0994. The van der Waals surface area contributed by atoms with Gasteiger partial charge in [-0.05, 0) is 49.8 Å². The summed E-state index contributed by atoms with van der Waals surface area (Å²) in [6.45, 7) is 3.96. The van der Waals surface area contributed by atoms with Gasteiger partial charge in [-0.3, -0.25) is 9.59 Å². The number of nitrogens with zero attached hydrogens (tertiary/aromatic N) is 3. The number of hydrogen-bond acceptors (Lipinski definition) is 4. The fraction of sp³-hybridized carbons (Fsp3) is 0.630. The van der Waals surface area contributed by atoms with Gasteiger partial charge in [-0.25, -0.2) is 0 Å². The number of hydrogen-bond donors (Lipinski definition) is 1. The molecule has 1 atom stereocenters. The lowest BCUT2D eigenvalue weighted by atomic mass is 9.68. The van der Waals surface area contributed by atoms with Crippen molar-refractivity contribution in [3.63, 3.8) is 0 Å². The van der Waals surface area contributed by atoms with Crippen LogP contribution in [0, 0.1) is 5.92 Å². The SMILES string of the molecule is CCCC(=O)N1CC2(CCN(C(=O)C3CCC3)CC2)c2c(n(C)c3cc(OC)ccc23)[C@@H]1CO. The van der Waals surface area contributed by atoms with E-state index in [1.807, 2.05) is 31.0 Å². The Morgan fingerprint density at radius 3 is 2.53 bits per heavy atom. The Kier molecular flexibility index (Phi) is 6.09. The quantitative estimate of drug-likeness (QED) is 0.730. The molecule has 1 aromatic carbocycles. The second kappa shape index (κ2) is 8.91. The summed E-state index contributed by atoms with van der Waals surface area (Å²) in [5.74, 6) is 1.41. The fourth-order valence-corrected chi connectivity index (χ4v) is 6.45. The summed E-state index contributed by atoms with van der Waals surface area (Å²) in [6, 6.07) is 5.80. The van der Waals surface area contributed by atoms with Gasteiger partial charge < -0.3 is 24.2 Å². The molecule has 1 saturated carbocycles. The van der Waals surface area contributed by atoms with E-state index < -0.39 is 0 Å². The van der Waals surface area contributed by atoms with Crippen LogP contribution in [0.4, 0.5) is 0 Å². The van der Waals surface area contributed by atoms with Crippen molar-refractivity contribution in [1.29, 1.82) is 0 Å². The van der Waals surface area contributed by atoms with Crippen molar-refractivity contribution in [2.45, 2.75) is 63.3 Å². The third kappa shape index (κ3) is 3.51. The molecule has 5 rings (SSSR count). The van der Waals surface area contributed by atoms with E-state index in [1.54, 1.807) is 7.11 Å². The van der Waals surface area contributed by atoms with Crippen molar-refractivity contribution in [3.8, 4) is 5.75 Å². The highest BCUT2D eigenvalue weighted by Crippen LogP contribution is 2.50. The molecule has 1 aliphatic carbocycles. The molecule has 184 valence electrons.